The molecule has 1 heterocycles. The molecule has 0 N–H and O–H groups in total. The topological polar surface area (TPSA) is 84.0 Å². The summed E-state index contributed by atoms with van der Waals surface area (Å²) in [5.41, 5.74) is 0.764. The molecule has 1 aromatic rings. The fraction of sp³-hybridized carbons (Fsp3) is 0.412. The van der Waals surface area contributed by atoms with Crippen molar-refractivity contribution >= 4 is 17.7 Å². The van der Waals surface area contributed by atoms with Gasteiger partial charge in [0.15, 0.2) is 11.6 Å². The maximum atomic E-state index is 13.6. The van der Waals surface area contributed by atoms with Gasteiger partial charge in [-0.2, -0.15) is 5.26 Å². The third kappa shape index (κ3) is 4.18. The molecule has 0 radical (unpaired) electrons. The lowest BCUT2D eigenvalue weighted by molar-refractivity contribution is -0.146. The van der Waals surface area contributed by atoms with Crippen LogP contribution in [0.1, 0.15) is 31.4 Å². The number of carbonyl (C=O) groups excluding carboxylic acids is 1. The highest BCUT2D eigenvalue weighted by Gasteiger charge is 2.38. The largest absolute Gasteiger partial charge is 0.467 e. The van der Waals surface area contributed by atoms with Crippen LogP contribution >= 0.6 is 0 Å². The maximum Gasteiger partial charge on any atom is 0.317 e. The third-order valence-corrected chi connectivity index (χ3v) is 3.71. The molecular formula is C17H17F2N3O3. The number of benzene rings is 1. The first-order valence-corrected chi connectivity index (χ1v) is 7.69. The van der Waals surface area contributed by atoms with Gasteiger partial charge in [0.25, 0.3) is 0 Å². The van der Waals surface area contributed by atoms with Crippen molar-refractivity contribution in [3.8, 4) is 6.07 Å². The monoisotopic (exact) mass is 349 g/mol. The third-order valence-electron chi connectivity index (χ3n) is 3.71. The molecule has 0 bridgehead atoms. The van der Waals surface area contributed by atoms with E-state index >= 15 is 0 Å². The molecule has 2 rings (SSSR count). The number of amidine groups is 1. The standard InChI is InChI=1S/C17H17F2N3O3/c1-3-13-14(16(23)25-8-4-7-20)15(22-17(21-13)24-2)10-5-6-11(18)12(19)9-10/h5-6,9,14-15H,3-4,8H2,1-2H3. The Balaban J connectivity index is 2.41. The minimum absolute atomic E-state index is 0.0488. The number of hydrogen-bond acceptors (Lipinski definition) is 6. The number of nitriles is 1. The van der Waals surface area contributed by atoms with E-state index < -0.39 is 29.6 Å². The van der Waals surface area contributed by atoms with E-state index in [-0.39, 0.29) is 19.0 Å². The average molecular weight is 349 g/mol. The van der Waals surface area contributed by atoms with E-state index in [1.54, 1.807) is 6.92 Å². The first kappa shape index (κ1) is 18.5. The summed E-state index contributed by atoms with van der Waals surface area (Å²) in [6.45, 7) is 1.74. The van der Waals surface area contributed by atoms with Crippen LogP contribution in [-0.2, 0) is 14.3 Å². The number of hydrogen-bond donors (Lipinski definition) is 0. The molecule has 0 aromatic heterocycles. The highest BCUT2D eigenvalue weighted by Crippen LogP contribution is 2.33. The summed E-state index contributed by atoms with van der Waals surface area (Å²) in [4.78, 5) is 20.9. The molecule has 25 heavy (non-hydrogen) atoms. The van der Waals surface area contributed by atoms with E-state index in [4.69, 9.17) is 14.7 Å². The van der Waals surface area contributed by atoms with E-state index in [1.165, 1.54) is 13.2 Å². The lowest BCUT2D eigenvalue weighted by Gasteiger charge is -2.27. The summed E-state index contributed by atoms with van der Waals surface area (Å²) in [5, 5.41) is 8.56. The van der Waals surface area contributed by atoms with Crippen LogP contribution in [0, 0.1) is 28.9 Å². The van der Waals surface area contributed by atoms with E-state index in [0.717, 1.165) is 12.1 Å². The Morgan fingerprint density at radius 1 is 1.36 bits per heavy atom. The molecule has 0 saturated carbocycles. The second kappa shape index (κ2) is 8.33. The van der Waals surface area contributed by atoms with Gasteiger partial charge in [-0.15, -0.1) is 0 Å². The summed E-state index contributed by atoms with van der Waals surface area (Å²) in [6, 6.07) is 4.39. The Kier molecular flexibility index (Phi) is 6.17. The number of halogens is 2. The van der Waals surface area contributed by atoms with Gasteiger partial charge in [-0.3, -0.25) is 4.79 Å². The lowest BCUT2D eigenvalue weighted by atomic mass is 9.87. The van der Waals surface area contributed by atoms with Crippen LogP contribution in [0.15, 0.2) is 28.2 Å². The molecule has 132 valence electrons. The minimum Gasteiger partial charge on any atom is -0.467 e. The number of rotatable bonds is 5. The number of methoxy groups -OCH3 is 1. The SMILES string of the molecule is CCC1=NC(OC)=NC(c2ccc(F)c(F)c2)C1C(=O)OCCC#N. The summed E-state index contributed by atoms with van der Waals surface area (Å²) in [5.74, 6) is -3.55. The Hall–Kier alpha value is -2.82. The smallest absolute Gasteiger partial charge is 0.317 e. The molecule has 2 unspecified atom stereocenters. The van der Waals surface area contributed by atoms with Crippen molar-refractivity contribution in [2.75, 3.05) is 13.7 Å². The summed E-state index contributed by atoms with van der Waals surface area (Å²) in [7, 11) is 1.38. The zero-order valence-electron chi connectivity index (χ0n) is 13.8. The van der Waals surface area contributed by atoms with Gasteiger partial charge >= 0.3 is 12.0 Å². The Bertz CT molecular complexity index is 756. The van der Waals surface area contributed by atoms with Crippen molar-refractivity contribution in [1.29, 1.82) is 5.26 Å². The first-order chi connectivity index (χ1) is 12.0. The molecule has 0 aliphatic carbocycles. The van der Waals surface area contributed by atoms with Crippen LogP contribution in [0.5, 0.6) is 0 Å². The van der Waals surface area contributed by atoms with Crippen LogP contribution < -0.4 is 0 Å². The van der Waals surface area contributed by atoms with Crippen LogP contribution in [-0.4, -0.2) is 31.4 Å². The average Bonchev–Trinajstić information content (AvgIpc) is 2.62. The van der Waals surface area contributed by atoms with Crippen LogP contribution in [0.2, 0.25) is 0 Å². The van der Waals surface area contributed by atoms with Crippen molar-refractivity contribution in [2.24, 2.45) is 15.9 Å². The first-order valence-electron chi connectivity index (χ1n) is 7.69. The van der Waals surface area contributed by atoms with E-state index in [2.05, 4.69) is 9.98 Å². The van der Waals surface area contributed by atoms with Crippen molar-refractivity contribution in [1.82, 2.24) is 0 Å². The fourth-order valence-corrected chi connectivity index (χ4v) is 2.51. The molecule has 2 atom stereocenters. The van der Waals surface area contributed by atoms with Gasteiger partial charge in [-0.25, -0.2) is 18.8 Å². The number of aliphatic imine (C=N–C) groups is 2. The number of nitrogens with zero attached hydrogens (tertiary/aromatic N) is 3. The molecular weight excluding hydrogens is 332 g/mol. The van der Waals surface area contributed by atoms with Crippen molar-refractivity contribution in [3.63, 3.8) is 0 Å². The van der Waals surface area contributed by atoms with Crippen LogP contribution in [0.25, 0.3) is 0 Å². The van der Waals surface area contributed by atoms with Crippen LogP contribution in [0.4, 0.5) is 8.78 Å². The van der Waals surface area contributed by atoms with Crippen LogP contribution in [0.3, 0.4) is 0 Å². The van der Waals surface area contributed by atoms with Gasteiger partial charge in [0, 0.05) is 5.71 Å². The highest BCUT2D eigenvalue weighted by molar-refractivity contribution is 6.08. The van der Waals surface area contributed by atoms with Gasteiger partial charge in [0.05, 0.1) is 25.6 Å². The molecule has 8 heteroatoms. The summed E-state index contributed by atoms with van der Waals surface area (Å²) in [6.07, 6.45) is 0.472. The van der Waals surface area contributed by atoms with E-state index in [1.807, 2.05) is 6.07 Å². The summed E-state index contributed by atoms with van der Waals surface area (Å²) < 4.78 is 37.0. The van der Waals surface area contributed by atoms with Gasteiger partial charge in [-0.05, 0) is 24.1 Å². The second-order valence-corrected chi connectivity index (χ2v) is 5.24. The van der Waals surface area contributed by atoms with Gasteiger partial charge in [0.1, 0.15) is 12.5 Å². The van der Waals surface area contributed by atoms with Gasteiger partial charge < -0.3 is 9.47 Å². The van der Waals surface area contributed by atoms with Crippen molar-refractivity contribution in [2.45, 2.75) is 25.8 Å². The van der Waals surface area contributed by atoms with Gasteiger partial charge in [0.2, 0.25) is 0 Å². The van der Waals surface area contributed by atoms with E-state index in [0.29, 0.717) is 17.7 Å². The molecule has 0 spiro atoms. The fourth-order valence-electron chi connectivity index (χ4n) is 2.51. The van der Waals surface area contributed by atoms with Crippen molar-refractivity contribution in [3.05, 3.63) is 35.4 Å². The minimum atomic E-state index is -1.04. The molecule has 6 nitrogen and oxygen atoms in total. The molecule has 1 aromatic carbocycles. The molecule has 1 aliphatic heterocycles. The molecule has 0 amide bonds. The Morgan fingerprint density at radius 3 is 2.72 bits per heavy atom. The quantitative estimate of drug-likeness (QED) is 0.604. The normalized spacial score (nSPS) is 19.5. The van der Waals surface area contributed by atoms with Crippen molar-refractivity contribution < 1.29 is 23.0 Å². The molecule has 1 aliphatic rings. The second-order valence-electron chi connectivity index (χ2n) is 5.24. The van der Waals surface area contributed by atoms with E-state index in [9.17, 15) is 13.6 Å². The Labute approximate surface area is 143 Å². The predicted octanol–water partition coefficient (Wildman–Crippen LogP) is 2.95. The lowest BCUT2D eigenvalue weighted by Crippen LogP contribution is -2.35. The molecule has 0 fully saturated rings. The Morgan fingerprint density at radius 2 is 2.12 bits per heavy atom. The number of ether oxygens (including phenoxy) is 2. The zero-order valence-corrected chi connectivity index (χ0v) is 13.8. The number of esters is 1. The predicted molar refractivity (Wildman–Crippen MR) is 85.9 cm³/mol. The molecule has 0 saturated heterocycles. The zero-order chi connectivity index (χ0) is 18.4. The van der Waals surface area contributed by atoms with Gasteiger partial charge in [-0.1, -0.05) is 13.0 Å². The number of carbonyl (C=O) groups is 1. The summed E-state index contributed by atoms with van der Waals surface area (Å²) >= 11 is 0. The highest BCUT2D eigenvalue weighted by atomic mass is 19.2. The maximum absolute atomic E-state index is 13.6.